The number of halogens is 1. The van der Waals surface area contributed by atoms with Crippen LogP contribution in [0.2, 0.25) is 0 Å². The standard InChI is InChI=1S/C20H33N3O2.HI/c1-20(2,17-7-6-8-18(13-17)24-5)15-22-19(21-3)23(4)11-12-25-14-16-9-10-16;/h6-8,13,16H,9-12,14-15H2,1-5H3,(H,21,22);1H. The Labute approximate surface area is 175 Å². The van der Waals surface area contributed by atoms with Crippen LogP contribution in [0.3, 0.4) is 0 Å². The Kier molecular flexibility index (Phi) is 9.71. The second kappa shape index (κ2) is 11.0. The lowest BCUT2D eigenvalue weighted by Gasteiger charge is -2.29. The van der Waals surface area contributed by atoms with Gasteiger partial charge in [-0.1, -0.05) is 26.0 Å². The topological polar surface area (TPSA) is 46.1 Å². The first-order valence-corrected chi connectivity index (χ1v) is 9.10. The molecule has 0 bridgehead atoms. The molecule has 1 aliphatic carbocycles. The molecule has 1 saturated carbocycles. The number of nitrogens with one attached hydrogen (secondary N) is 1. The highest BCUT2D eigenvalue weighted by atomic mass is 127. The summed E-state index contributed by atoms with van der Waals surface area (Å²) in [7, 11) is 5.57. The molecule has 0 heterocycles. The predicted octanol–water partition coefficient (Wildman–Crippen LogP) is 3.52. The van der Waals surface area contributed by atoms with Crippen molar-refractivity contribution in [2.45, 2.75) is 32.1 Å². The average molecular weight is 475 g/mol. The number of aliphatic imine (C=N–C) groups is 1. The second-order valence-electron chi connectivity index (χ2n) is 7.46. The number of benzene rings is 1. The van der Waals surface area contributed by atoms with E-state index in [1.807, 2.05) is 26.2 Å². The molecule has 0 aromatic heterocycles. The minimum Gasteiger partial charge on any atom is -0.497 e. The zero-order valence-corrected chi connectivity index (χ0v) is 19.1. The molecule has 26 heavy (non-hydrogen) atoms. The van der Waals surface area contributed by atoms with E-state index in [2.05, 4.69) is 41.2 Å². The minimum atomic E-state index is -0.0339. The number of methoxy groups -OCH3 is 1. The van der Waals surface area contributed by atoms with Gasteiger partial charge in [0.2, 0.25) is 0 Å². The predicted molar refractivity (Wildman–Crippen MR) is 119 cm³/mol. The maximum absolute atomic E-state index is 5.72. The first-order chi connectivity index (χ1) is 12.0. The number of hydrogen-bond donors (Lipinski definition) is 1. The second-order valence-corrected chi connectivity index (χ2v) is 7.46. The Morgan fingerprint density at radius 1 is 1.35 bits per heavy atom. The first kappa shape index (κ1) is 23.0. The van der Waals surface area contributed by atoms with Crippen LogP contribution in [0.4, 0.5) is 0 Å². The lowest BCUT2D eigenvalue weighted by molar-refractivity contribution is 0.115. The Morgan fingerprint density at radius 2 is 2.08 bits per heavy atom. The highest BCUT2D eigenvalue weighted by Crippen LogP contribution is 2.28. The van der Waals surface area contributed by atoms with Gasteiger partial charge in [0.25, 0.3) is 0 Å². The summed E-state index contributed by atoms with van der Waals surface area (Å²) in [6.45, 7) is 7.73. The first-order valence-electron chi connectivity index (χ1n) is 9.10. The summed E-state index contributed by atoms with van der Waals surface area (Å²) in [5, 5.41) is 3.49. The summed E-state index contributed by atoms with van der Waals surface area (Å²) in [6, 6.07) is 8.25. The van der Waals surface area contributed by atoms with Gasteiger partial charge in [-0.3, -0.25) is 4.99 Å². The van der Waals surface area contributed by atoms with Crippen LogP contribution in [-0.2, 0) is 10.2 Å². The zero-order chi connectivity index (χ0) is 18.3. The van der Waals surface area contributed by atoms with E-state index in [1.54, 1.807) is 7.11 Å². The maximum Gasteiger partial charge on any atom is 0.193 e. The average Bonchev–Trinajstić information content (AvgIpc) is 3.43. The normalized spacial score (nSPS) is 14.6. The van der Waals surface area contributed by atoms with Gasteiger partial charge in [-0.05, 0) is 36.5 Å². The van der Waals surface area contributed by atoms with Crippen LogP contribution >= 0.6 is 24.0 Å². The minimum absolute atomic E-state index is 0. The molecule has 148 valence electrons. The summed E-state index contributed by atoms with van der Waals surface area (Å²) in [6.07, 6.45) is 2.66. The van der Waals surface area contributed by atoms with E-state index in [0.29, 0.717) is 0 Å². The van der Waals surface area contributed by atoms with Crippen LogP contribution < -0.4 is 10.1 Å². The van der Waals surface area contributed by atoms with Crippen molar-refractivity contribution in [1.82, 2.24) is 10.2 Å². The highest BCUT2D eigenvalue weighted by Gasteiger charge is 2.23. The van der Waals surface area contributed by atoms with Gasteiger partial charge in [-0.2, -0.15) is 0 Å². The van der Waals surface area contributed by atoms with Gasteiger partial charge in [0, 0.05) is 39.2 Å². The van der Waals surface area contributed by atoms with Crippen molar-refractivity contribution < 1.29 is 9.47 Å². The molecule has 2 rings (SSSR count). The van der Waals surface area contributed by atoms with Crippen LogP contribution in [-0.4, -0.2) is 58.4 Å². The van der Waals surface area contributed by atoms with Gasteiger partial charge in [0.1, 0.15) is 5.75 Å². The van der Waals surface area contributed by atoms with Crippen molar-refractivity contribution in [1.29, 1.82) is 0 Å². The molecule has 0 aliphatic heterocycles. The van der Waals surface area contributed by atoms with Crippen LogP contribution in [0.5, 0.6) is 5.75 Å². The maximum atomic E-state index is 5.72. The van der Waals surface area contributed by atoms with E-state index in [-0.39, 0.29) is 29.4 Å². The number of rotatable bonds is 9. The van der Waals surface area contributed by atoms with E-state index in [1.165, 1.54) is 18.4 Å². The lowest BCUT2D eigenvalue weighted by Crippen LogP contribution is -2.45. The summed E-state index contributed by atoms with van der Waals surface area (Å²) in [5.41, 5.74) is 1.21. The third-order valence-corrected chi connectivity index (χ3v) is 4.73. The molecule has 1 aromatic rings. The van der Waals surface area contributed by atoms with Gasteiger partial charge in [-0.25, -0.2) is 0 Å². The monoisotopic (exact) mass is 475 g/mol. The van der Waals surface area contributed by atoms with Crippen LogP contribution in [0, 0.1) is 5.92 Å². The third kappa shape index (κ3) is 7.31. The van der Waals surface area contributed by atoms with E-state index >= 15 is 0 Å². The van der Waals surface area contributed by atoms with E-state index in [4.69, 9.17) is 9.47 Å². The smallest absolute Gasteiger partial charge is 0.193 e. The molecule has 0 atom stereocenters. The third-order valence-electron chi connectivity index (χ3n) is 4.73. The summed E-state index contributed by atoms with van der Waals surface area (Å²) in [5.74, 6) is 2.59. The number of nitrogens with zero attached hydrogens (tertiary/aromatic N) is 2. The van der Waals surface area contributed by atoms with Crippen LogP contribution in [0.1, 0.15) is 32.3 Å². The van der Waals surface area contributed by atoms with Crippen LogP contribution in [0.15, 0.2) is 29.3 Å². The van der Waals surface area contributed by atoms with E-state index < -0.39 is 0 Å². The Balaban J connectivity index is 0.00000338. The Hall–Kier alpha value is -1.02. The lowest BCUT2D eigenvalue weighted by atomic mass is 9.84. The fraction of sp³-hybridized carbons (Fsp3) is 0.650. The van der Waals surface area contributed by atoms with Gasteiger partial charge in [-0.15, -0.1) is 24.0 Å². The van der Waals surface area contributed by atoms with E-state index in [9.17, 15) is 0 Å². The Morgan fingerprint density at radius 3 is 2.69 bits per heavy atom. The fourth-order valence-electron chi connectivity index (χ4n) is 2.67. The highest BCUT2D eigenvalue weighted by molar-refractivity contribution is 14.0. The molecule has 0 unspecified atom stereocenters. The van der Waals surface area contributed by atoms with Gasteiger partial charge in [0.05, 0.1) is 13.7 Å². The van der Waals surface area contributed by atoms with Gasteiger partial charge < -0.3 is 19.7 Å². The SMILES string of the molecule is CN=C(NCC(C)(C)c1cccc(OC)c1)N(C)CCOCC1CC1.I. The molecule has 1 aliphatic rings. The molecular formula is C20H34IN3O2. The molecule has 0 saturated heterocycles. The van der Waals surface area contributed by atoms with Crippen molar-refractivity contribution >= 4 is 29.9 Å². The van der Waals surface area contributed by atoms with Crippen molar-refractivity contribution in [3.05, 3.63) is 29.8 Å². The van der Waals surface area contributed by atoms with Gasteiger partial charge in [0.15, 0.2) is 5.96 Å². The fourth-order valence-corrected chi connectivity index (χ4v) is 2.67. The zero-order valence-electron chi connectivity index (χ0n) is 16.7. The molecule has 0 radical (unpaired) electrons. The van der Waals surface area contributed by atoms with E-state index in [0.717, 1.165) is 43.9 Å². The molecule has 6 heteroatoms. The Bertz CT molecular complexity index is 574. The molecular weight excluding hydrogens is 441 g/mol. The largest absolute Gasteiger partial charge is 0.497 e. The quantitative estimate of drug-likeness (QED) is 0.257. The number of hydrogen-bond acceptors (Lipinski definition) is 3. The summed E-state index contributed by atoms with van der Waals surface area (Å²) >= 11 is 0. The molecule has 1 fully saturated rings. The van der Waals surface area contributed by atoms with Crippen molar-refractivity contribution in [3.8, 4) is 5.75 Å². The van der Waals surface area contributed by atoms with Crippen LogP contribution in [0.25, 0.3) is 0 Å². The summed E-state index contributed by atoms with van der Waals surface area (Å²) in [4.78, 5) is 6.52. The molecule has 5 nitrogen and oxygen atoms in total. The molecule has 0 spiro atoms. The van der Waals surface area contributed by atoms with Crippen molar-refractivity contribution in [3.63, 3.8) is 0 Å². The summed E-state index contributed by atoms with van der Waals surface area (Å²) < 4.78 is 11.1. The molecule has 1 aromatic carbocycles. The van der Waals surface area contributed by atoms with Crippen molar-refractivity contribution in [2.75, 3.05) is 47.5 Å². The molecule has 1 N–H and O–H groups in total. The van der Waals surface area contributed by atoms with Gasteiger partial charge >= 0.3 is 0 Å². The number of guanidine groups is 1. The number of ether oxygens (including phenoxy) is 2. The van der Waals surface area contributed by atoms with Crippen molar-refractivity contribution in [2.24, 2.45) is 10.9 Å². The number of likely N-dealkylation sites (N-methyl/N-ethyl adjacent to an activating group) is 1. The molecule has 0 amide bonds.